The third kappa shape index (κ3) is 5.88. The van der Waals surface area contributed by atoms with Crippen molar-refractivity contribution < 1.29 is 19.0 Å². The van der Waals surface area contributed by atoms with Gasteiger partial charge in [-0.15, -0.1) is 0 Å². The van der Waals surface area contributed by atoms with E-state index in [-0.39, 0.29) is 41.2 Å². The number of aromatic nitrogens is 1. The van der Waals surface area contributed by atoms with E-state index in [4.69, 9.17) is 42.7 Å². The summed E-state index contributed by atoms with van der Waals surface area (Å²) >= 11 is 13.7. The van der Waals surface area contributed by atoms with Crippen molar-refractivity contribution in [1.82, 2.24) is 4.57 Å². The van der Waals surface area contributed by atoms with Crippen LogP contribution in [0.2, 0.25) is 10.0 Å². The number of nitrogens with zero attached hydrogens (tertiary/aromatic N) is 3. The Morgan fingerprint density at radius 2 is 2.03 bits per heavy atom. The fourth-order valence-electron chi connectivity index (χ4n) is 4.24. The number of para-hydroxylation sites is 1. The summed E-state index contributed by atoms with van der Waals surface area (Å²) in [5.74, 6) is 0.202. The first-order valence-electron chi connectivity index (χ1n) is 12.1. The van der Waals surface area contributed by atoms with E-state index in [1.165, 1.54) is 10.6 Å². The molecule has 0 radical (unpaired) electrons. The van der Waals surface area contributed by atoms with Gasteiger partial charge in [0.2, 0.25) is 0 Å². The number of hydrogen-bond donors (Lipinski definition) is 0. The van der Waals surface area contributed by atoms with Crippen LogP contribution in [0.25, 0.3) is 6.08 Å². The van der Waals surface area contributed by atoms with E-state index in [1.807, 2.05) is 38.1 Å². The van der Waals surface area contributed by atoms with E-state index >= 15 is 0 Å². The number of nitriles is 1. The van der Waals surface area contributed by atoms with E-state index in [9.17, 15) is 9.59 Å². The Bertz CT molecular complexity index is 1680. The normalized spacial score (nSPS) is 15.0. The van der Waals surface area contributed by atoms with Crippen LogP contribution in [0.4, 0.5) is 0 Å². The molecule has 4 rings (SSSR count). The predicted octanol–water partition coefficient (Wildman–Crippen LogP) is 4.79. The van der Waals surface area contributed by atoms with E-state index in [0.717, 1.165) is 11.3 Å². The van der Waals surface area contributed by atoms with Crippen molar-refractivity contribution in [2.75, 3.05) is 13.2 Å². The van der Waals surface area contributed by atoms with Crippen LogP contribution in [0, 0.1) is 11.3 Å². The molecule has 0 saturated heterocycles. The summed E-state index contributed by atoms with van der Waals surface area (Å²) in [6.45, 7) is 7.16. The molecule has 1 aromatic heterocycles. The van der Waals surface area contributed by atoms with Gasteiger partial charge in [0.15, 0.2) is 11.4 Å². The second kappa shape index (κ2) is 12.1. The minimum atomic E-state index is -0.838. The molecule has 2 aromatic carbocycles. The zero-order chi connectivity index (χ0) is 28.3. The summed E-state index contributed by atoms with van der Waals surface area (Å²) in [5.41, 5.74) is 1.35. The molecule has 0 N–H and O–H groups in total. The quantitative estimate of drug-likeness (QED) is 0.352. The average Bonchev–Trinajstić information content (AvgIpc) is 3.17. The van der Waals surface area contributed by atoms with Crippen LogP contribution < -0.4 is 24.4 Å². The van der Waals surface area contributed by atoms with Gasteiger partial charge in [-0.05, 0) is 52.0 Å². The van der Waals surface area contributed by atoms with Crippen LogP contribution in [0.15, 0.2) is 57.5 Å². The lowest BCUT2D eigenvalue weighted by Crippen LogP contribution is -2.40. The second-order valence-corrected chi connectivity index (χ2v) is 10.6. The first kappa shape index (κ1) is 28.4. The topological polar surface area (TPSA) is 103 Å². The maximum absolute atomic E-state index is 14.0. The predicted molar refractivity (Wildman–Crippen MR) is 150 cm³/mol. The molecule has 3 aromatic rings. The van der Waals surface area contributed by atoms with Crippen molar-refractivity contribution in [3.8, 4) is 17.6 Å². The van der Waals surface area contributed by atoms with Crippen LogP contribution in [0.1, 0.15) is 44.9 Å². The molecule has 2 heterocycles. The average molecular weight is 586 g/mol. The molecule has 0 aliphatic carbocycles. The van der Waals surface area contributed by atoms with Crippen molar-refractivity contribution in [2.24, 2.45) is 4.99 Å². The molecule has 1 aliphatic rings. The number of carbonyl (C=O) groups excluding carboxylic acids is 1. The summed E-state index contributed by atoms with van der Waals surface area (Å²) < 4.78 is 18.7. The van der Waals surface area contributed by atoms with E-state index in [0.29, 0.717) is 36.9 Å². The molecular formula is C28H25Cl2N3O5S. The zero-order valence-electron chi connectivity index (χ0n) is 21.7. The minimum Gasteiger partial charge on any atom is -0.491 e. The summed E-state index contributed by atoms with van der Waals surface area (Å²) in [7, 11) is 0. The number of hydrogen-bond acceptors (Lipinski definition) is 8. The number of rotatable bonds is 8. The summed E-state index contributed by atoms with van der Waals surface area (Å²) in [6.07, 6.45) is 1.45. The lowest BCUT2D eigenvalue weighted by molar-refractivity contribution is -0.139. The van der Waals surface area contributed by atoms with Crippen LogP contribution in [0.3, 0.4) is 0 Å². The van der Waals surface area contributed by atoms with Crippen LogP contribution in [-0.4, -0.2) is 29.9 Å². The van der Waals surface area contributed by atoms with Gasteiger partial charge in [-0.2, -0.15) is 5.26 Å². The van der Waals surface area contributed by atoms with Gasteiger partial charge < -0.3 is 14.2 Å². The van der Waals surface area contributed by atoms with Crippen LogP contribution in [-0.2, 0) is 9.53 Å². The number of thiazole rings is 1. The number of esters is 1. The summed E-state index contributed by atoms with van der Waals surface area (Å²) in [5, 5.41) is 9.52. The maximum Gasteiger partial charge on any atom is 0.338 e. The number of ether oxygens (including phenoxy) is 3. The first-order valence-corrected chi connectivity index (χ1v) is 13.7. The fourth-order valence-corrected chi connectivity index (χ4v) is 5.84. The molecular weight excluding hydrogens is 561 g/mol. The molecule has 0 bridgehead atoms. The maximum atomic E-state index is 14.0. The smallest absolute Gasteiger partial charge is 0.338 e. The Morgan fingerprint density at radius 1 is 1.28 bits per heavy atom. The van der Waals surface area contributed by atoms with Crippen LogP contribution in [0.5, 0.6) is 11.5 Å². The van der Waals surface area contributed by atoms with Gasteiger partial charge in [-0.25, -0.2) is 9.79 Å². The molecule has 0 fully saturated rings. The van der Waals surface area contributed by atoms with Crippen molar-refractivity contribution >= 4 is 46.6 Å². The lowest BCUT2D eigenvalue weighted by Gasteiger charge is -2.26. The van der Waals surface area contributed by atoms with Gasteiger partial charge in [0.25, 0.3) is 5.56 Å². The van der Waals surface area contributed by atoms with Crippen molar-refractivity contribution in [3.05, 3.63) is 88.5 Å². The highest BCUT2D eigenvalue weighted by atomic mass is 35.5. The third-order valence-corrected chi connectivity index (χ3v) is 7.18. The van der Waals surface area contributed by atoms with Gasteiger partial charge in [-0.3, -0.25) is 9.36 Å². The Balaban J connectivity index is 2.00. The highest BCUT2D eigenvalue weighted by Gasteiger charge is 2.35. The Kier molecular flexibility index (Phi) is 8.80. The Hall–Kier alpha value is -3.58. The van der Waals surface area contributed by atoms with Gasteiger partial charge in [-0.1, -0.05) is 52.7 Å². The third-order valence-electron chi connectivity index (χ3n) is 5.70. The lowest BCUT2D eigenvalue weighted by atomic mass is 9.95. The molecule has 202 valence electrons. The summed E-state index contributed by atoms with van der Waals surface area (Å²) in [4.78, 5) is 32.2. The molecule has 1 aliphatic heterocycles. The number of fused-ring (bicyclic) bond motifs is 1. The molecule has 0 unspecified atom stereocenters. The fraction of sp³-hybridized carbons (Fsp3) is 0.286. The number of benzene rings is 2. The van der Waals surface area contributed by atoms with Crippen molar-refractivity contribution in [2.45, 2.75) is 39.8 Å². The molecule has 1 atom stereocenters. The van der Waals surface area contributed by atoms with Gasteiger partial charge in [0.05, 0.1) is 33.5 Å². The molecule has 8 nitrogen and oxygen atoms in total. The number of allylic oxidation sites excluding steroid dienone is 1. The Labute approximate surface area is 239 Å². The van der Waals surface area contributed by atoms with Crippen molar-refractivity contribution in [1.29, 1.82) is 5.26 Å². The summed E-state index contributed by atoms with van der Waals surface area (Å²) in [6, 6.07) is 11.4. The Morgan fingerprint density at radius 3 is 2.72 bits per heavy atom. The molecule has 0 saturated carbocycles. The molecule has 0 spiro atoms. The minimum absolute atomic E-state index is 0.141. The molecule has 39 heavy (non-hydrogen) atoms. The van der Waals surface area contributed by atoms with Gasteiger partial charge in [0.1, 0.15) is 23.6 Å². The number of halogens is 2. The molecule has 11 heteroatoms. The highest BCUT2D eigenvalue weighted by Crippen LogP contribution is 2.36. The SMILES string of the molecule is CCOC(=O)C1=C(C)N=c2s/c(=C\c3cc(Cl)cc(Cl)c3OCC#N)c(=O)n2[C@@H]1c1ccccc1OC(C)C. The standard InChI is InChI=1S/C28H25Cl2N3O5S/c1-5-36-27(35)23-16(4)32-28-33(24(23)19-8-6-7-9-21(19)38-15(2)3)26(34)22(39-28)13-17-12-18(29)14-20(30)25(17)37-11-10-31/h6-9,12-15,24H,5,11H2,1-4H3/b22-13-/t24-/m1/s1. The second-order valence-electron chi connectivity index (χ2n) is 8.76. The van der Waals surface area contributed by atoms with Crippen molar-refractivity contribution in [3.63, 3.8) is 0 Å². The monoisotopic (exact) mass is 585 g/mol. The largest absolute Gasteiger partial charge is 0.491 e. The van der Waals surface area contributed by atoms with Crippen LogP contribution >= 0.6 is 34.5 Å². The van der Waals surface area contributed by atoms with E-state index < -0.39 is 12.0 Å². The van der Waals surface area contributed by atoms with Gasteiger partial charge >= 0.3 is 5.97 Å². The first-order chi connectivity index (χ1) is 18.7. The van der Waals surface area contributed by atoms with E-state index in [2.05, 4.69) is 4.99 Å². The highest BCUT2D eigenvalue weighted by molar-refractivity contribution is 7.07. The van der Waals surface area contributed by atoms with E-state index in [1.54, 1.807) is 32.1 Å². The van der Waals surface area contributed by atoms with Gasteiger partial charge in [0, 0.05) is 16.1 Å². The molecule has 0 amide bonds. The zero-order valence-corrected chi connectivity index (χ0v) is 24.0. The number of carbonyl (C=O) groups is 1.